The van der Waals surface area contributed by atoms with E-state index in [4.69, 9.17) is 1.37 Å². The molecule has 624 valence electrons. The van der Waals surface area contributed by atoms with Crippen molar-refractivity contribution < 1.29 is 17.8 Å². The maximum Gasteiger partial charge on any atom is 0.0783 e. The highest BCUT2D eigenvalue weighted by Gasteiger charge is 2.45. The summed E-state index contributed by atoms with van der Waals surface area (Å²) in [5, 5.41) is 5.73. The van der Waals surface area contributed by atoms with Crippen LogP contribution in [0.5, 0.6) is 0 Å². The van der Waals surface area contributed by atoms with Crippen molar-refractivity contribution in [3.05, 3.63) is 383 Å². The Hall–Kier alpha value is -13.7. The normalized spacial score (nSPS) is 15.4. The second-order valence-corrected chi connectivity index (χ2v) is 41.3. The smallest absolute Gasteiger partial charge is 0.0783 e. The molecule has 0 bridgehead atoms. The van der Waals surface area contributed by atoms with Gasteiger partial charge >= 0.3 is 0 Å². The fourth-order valence-corrected chi connectivity index (χ4v) is 20.2. The molecule has 20 aromatic rings. The standard InChI is InChI=1S/C121H110N6/c1-116(2,3)78-51-48-76(49-52-78)94-70-83(121(16,17)18)69-93(75-36-24-20-25-37-75)113(94)127-108-71-85(122-101-60-53-79(117(4,5)6)65-95(101)96-66-80(118(7,8)9)54-61-102(96)122)57-59-92(108)111-91-58-50-77(74-34-22-19-23-35-74)64-107(91)126(109-72-86(73-110(127)112(109)111)123-103-62-55-81(119(10,11)12)67-97(103)98-68-82(120(13,14)15)56-63-104(98)123)106-47-33-43-90-89-42-32-46-105(114(89)124(115(90)106)84-38-26-21-27-39-84)125-99-44-30-28-40-87(99)88-41-29-31-45-100(88)125/h19-73,111H,1-18H3/i19D,22D,23D,28D,29D,30D,31D,34D,35D,40D,41D,44D,45D. The molecular weight excluding hydrogens is 1540 g/mol. The molecule has 127 heavy (non-hydrogen) atoms. The highest BCUT2D eigenvalue weighted by atomic mass is 15.2. The monoisotopic (exact) mass is 1660 g/mol. The first-order valence-corrected chi connectivity index (χ1v) is 44.5. The van der Waals surface area contributed by atoms with Crippen molar-refractivity contribution in [2.24, 2.45) is 0 Å². The SMILES string of the molecule is [2H]c1c([2H])c([2H])c(-c2ccc3c(c2)N(c2cccc4c5cccc(-n6c7c([2H])c([2H])c([2H])c([2H])c7c7c([2H])c([2H])c([2H])c([2H])c76)c5n(-c5ccccc5)c24)c2cc(-n4c5ccc(C(C)(C)C)cc5c5cc(C(C)(C)C)ccc54)cc4c2C3c2ccc(-n3c5ccc(C(C)(C)C)cc5c5cc(C(C)(C)C)ccc53)cc2N4c2c(-c3ccccc3)cc(C(C)(C)C)cc2-c2ccc(C(C)(C)C)cc2)c([2H])c1[2H]. The summed E-state index contributed by atoms with van der Waals surface area (Å²) in [7, 11) is 0. The molecule has 0 spiro atoms. The summed E-state index contributed by atoms with van der Waals surface area (Å²) in [6.45, 7) is 40.9. The lowest BCUT2D eigenvalue weighted by Crippen LogP contribution is -2.30. The van der Waals surface area contributed by atoms with Crippen molar-refractivity contribution >= 4 is 121 Å². The van der Waals surface area contributed by atoms with Gasteiger partial charge in [-0.3, -0.25) is 0 Å². The zero-order chi connectivity index (χ0) is 98.9. The number of aromatic nitrogens is 4. The number of hydrogen-bond acceptors (Lipinski definition) is 2. The number of para-hydroxylation sites is 5. The fourth-order valence-electron chi connectivity index (χ4n) is 20.2. The van der Waals surface area contributed by atoms with Crippen LogP contribution in [0.25, 0.3) is 143 Å². The summed E-state index contributed by atoms with van der Waals surface area (Å²) >= 11 is 0. The van der Waals surface area contributed by atoms with Gasteiger partial charge in [0.05, 0.1) is 107 Å². The van der Waals surface area contributed by atoms with Gasteiger partial charge in [0, 0.05) is 77.1 Å². The van der Waals surface area contributed by atoms with Gasteiger partial charge < -0.3 is 28.1 Å². The van der Waals surface area contributed by atoms with E-state index < -0.39 is 72.4 Å². The Morgan fingerprint density at radius 3 is 1.13 bits per heavy atom. The Morgan fingerprint density at radius 2 is 0.630 bits per heavy atom. The molecule has 22 rings (SSSR count). The lowest BCUT2D eigenvalue weighted by molar-refractivity contribution is 0.590. The van der Waals surface area contributed by atoms with Crippen molar-refractivity contribution in [3.63, 3.8) is 0 Å². The highest BCUT2D eigenvalue weighted by molar-refractivity contribution is 6.20. The lowest BCUT2D eigenvalue weighted by Gasteiger charge is -2.46. The summed E-state index contributed by atoms with van der Waals surface area (Å²) in [4.78, 5) is 4.93. The van der Waals surface area contributed by atoms with E-state index in [9.17, 15) is 16.4 Å². The third-order valence-electron chi connectivity index (χ3n) is 27.0. The Balaban J connectivity index is 0.967. The van der Waals surface area contributed by atoms with Crippen LogP contribution in [-0.4, -0.2) is 18.3 Å². The molecule has 16 aromatic carbocycles. The van der Waals surface area contributed by atoms with E-state index in [2.05, 4.69) is 336 Å². The van der Waals surface area contributed by atoms with Crippen LogP contribution < -0.4 is 9.80 Å². The number of nitrogens with zero attached hydrogens (tertiary/aromatic N) is 6. The average molecular weight is 1660 g/mol. The van der Waals surface area contributed by atoms with Gasteiger partial charge in [0.25, 0.3) is 0 Å². The molecule has 0 radical (unpaired) electrons. The number of hydrogen-bond donors (Lipinski definition) is 0. The van der Waals surface area contributed by atoms with Gasteiger partial charge in [-0.2, -0.15) is 0 Å². The van der Waals surface area contributed by atoms with Gasteiger partial charge in [-0.25, -0.2) is 0 Å². The first kappa shape index (κ1) is 65.9. The minimum absolute atomic E-state index is 0.0161. The zero-order valence-electron chi connectivity index (χ0n) is 88.5. The van der Waals surface area contributed by atoms with Crippen LogP contribution in [0.2, 0.25) is 0 Å². The molecule has 0 saturated heterocycles. The first-order valence-electron chi connectivity index (χ1n) is 51.0. The quantitative estimate of drug-likeness (QED) is 0.144. The summed E-state index contributed by atoms with van der Waals surface area (Å²) < 4.78 is 133. The van der Waals surface area contributed by atoms with E-state index in [-0.39, 0.29) is 71.9 Å². The van der Waals surface area contributed by atoms with Crippen LogP contribution in [0.1, 0.15) is 198 Å². The van der Waals surface area contributed by atoms with E-state index in [1.807, 2.05) is 66.7 Å². The summed E-state index contributed by atoms with van der Waals surface area (Å²) in [5.74, 6) is -0.665. The predicted molar refractivity (Wildman–Crippen MR) is 543 cm³/mol. The van der Waals surface area contributed by atoms with Gasteiger partial charge in [-0.05, 0) is 227 Å². The van der Waals surface area contributed by atoms with E-state index in [1.54, 1.807) is 4.57 Å². The summed E-state index contributed by atoms with van der Waals surface area (Å²) in [6, 6.07) is 86.5. The highest BCUT2D eigenvalue weighted by Crippen LogP contribution is 2.65. The van der Waals surface area contributed by atoms with Crippen molar-refractivity contribution in [1.29, 1.82) is 0 Å². The number of benzene rings is 16. The molecule has 0 fully saturated rings. The predicted octanol–water partition coefficient (Wildman–Crippen LogP) is 33.6. The van der Waals surface area contributed by atoms with Crippen LogP contribution in [0, 0.1) is 0 Å². The maximum atomic E-state index is 9.99. The fraction of sp³-hybridized carbons (Fsp3) is 0.207. The molecule has 6 heteroatoms. The Morgan fingerprint density at radius 1 is 0.228 bits per heavy atom. The molecule has 0 amide bonds. The van der Waals surface area contributed by atoms with E-state index in [1.165, 1.54) is 27.8 Å². The molecule has 6 nitrogen and oxygen atoms in total. The van der Waals surface area contributed by atoms with Gasteiger partial charge in [0.1, 0.15) is 0 Å². The topological polar surface area (TPSA) is 26.2 Å². The molecule has 2 aliphatic rings. The Bertz CT molecular complexity index is 8520. The number of rotatable bonds is 9. The molecule has 0 saturated carbocycles. The van der Waals surface area contributed by atoms with Gasteiger partial charge in [0.15, 0.2) is 0 Å². The van der Waals surface area contributed by atoms with Crippen molar-refractivity contribution in [2.45, 2.75) is 163 Å². The maximum absolute atomic E-state index is 9.99. The van der Waals surface area contributed by atoms with Gasteiger partial charge in [-0.1, -0.05) is 331 Å². The third kappa shape index (κ3) is 12.7. The molecular formula is C121H110N6. The second kappa shape index (κ2) is 28.4. The van der Waals surface area contributed by atoms with Crippen molar-refractivity contribution in [3.8, 4) is 56.1 Å². The minimum atomic E-state index is -0.665. The lowest BCUT2D eigenvalue weighted by atomic mass is 9.74. The first-order chi connectivity index (χ1) is 66.2. The summed E-state index contributed by atoms with van der Waals surface area (Å²) in [6.07, 6.45) is 0. The van der Waals surface area contributed by atoms with E-state index in [0.717, 1.165) is 128 Å². The largest absolute Gasteiger partial charge is 0.309 e. The minimum Gasteiger partial charge on any atom is -0.309 e. The average Bonchev–Trinajstić information content (AvgIpc) is 0.974. The van der Waals surface area contributed by atoms with Gasteiger partial charge in [-0.15, -0.1) is 0 Å². The molecule has 2 aliphatic heterocycles. The van der Waals surface area contributed by atoms with Crippen LogP contribution in [0.15, 0.2) is 333 Å². The second-order valence-electron chi connectivity index (χ2n) is 41.3. The van der Waals surface area contributed by atoms with Gasteiger partial charge in [0.2, 0.25) is 0 Å². The number of anilines is 6. The van der Waals surface area contributed by atoms with Crippen molar-refractivity contribution in [1.82, 2.24) is 18.3 Å². The molecule has 0 aliphatic carbocycles. The van der Waals surface area contributed by atoms with E-state index in [0.29, 0.717) is 44.7 Å². The zero-order valence-corrected chi connectivity index (χ0v) is 75.5. The van der Waals surface area contributed by atoms with Crippen LogP contribution in [-0.2, 0) is 32.5 Å². The van der Waals surface area contributed by atoms with E-state index >= 15 is 0 Å². The molecule has 1 unspecified atom stereocenters. The van der Waals surface area contributed by atoms with Crippen LogP contribution >= 0.6 is 0 Å². The molecule has 4 aromatic heterocycles. The third-order valence-corrected chi connectivity index (χ3v) is 27.0. The molecule has 1 atom stereocenters. The Labute approximate surface area is 765 Å². The van der Waals surface area contributed by atoms with Crippen LogP contribution in [0.4, 0.5) is 34.1 Å². The Kier molecular flexibility index (Phi) is 14.7. The summed E-state index contributed by atoms with van der Waals surface area (Å²) in [5.41, 5.74) is 25.3. The van der Waals surface area contributed by atoms with Crippen LogP contribution in [0.3, 0.4) is 0 Å². The van der Waals surface area contributed by atoms with Crippen molar-refractivity contribution in [2.75, 3.05) is 9.80 Å². The number of fused-ring (bicyclic) bond motifs is 16. The molecule has 0 N–H and O–H groups in total. The molecule has 6 heterocycles.